The van der Waals surface area contributed by atoms with E-state index in [4.69, 9.17) is 4.74 Å². The number of hydrogen-bond donors (Lipinski definition) is 2. The van der Waals surface area contributed by atoms with Crippen molar-refractivity contribution in [1.29, 1.82) is 0 Å². The fourth-order valence-electron chi connectivity index (χ4n) is 3.02. The second-order valence-electron chi connectivity index (χ2n) is 6.41. The number of ether oxygens (including phenoxy) is 1. The first-order chi connectivity index (χ1) is 11.6. The molecular weight excluding hydrogens is 300 g/mol. The van der Waals surface area contributed by atoms with Crippen LogP contribution in [0.3, 0.4) is 0 Å². The van der Waals surface area contributed by atoms with E-state index in [1.807, 2.05) is 26.0 Å². The number of amides is 1. The Morgan fingerprint density at radius 1 is 1.08 bits per heavy atom. The Bertz CT molecular complexity index is 720. The standard InChI is InChI=1S/C20H24N2O2/c1-14-7-15(2)9-19(8-14)24-6-5-20(23)22-11-16-3-4-17-12-21-13-18(17)10-16/h3-4,7-10,21H,5-6,11-13H2,1-2H3,(H,22,23). The molecule has 0 saturated heterocycles. The van der Waals surface area contributed by atoms with Gasteiger partial charge in [0.15, 0.2) is 0 Å². The van der Waals surface area contributed by atoms with Crippen LogP contribution in [0.25, 0.3) is 0 Å². The summed E-state index contributed by atoms with van der Waals surface area (Å²) in [6, 6.07) is 12.5. The predicted octanol–water partition coefficient (Wildman–Crippen LogP) is 2.99. The molecule has 0 spiro atoms. The fourth-order valence-corrected chi connectivity index (χ4v) is 3.02. The van der Waals surface area contributed by atoms with Gasteiger partial charge in [-0.25, -0.2) is 0 Å². The maximum absolute atomic E-state index is 12.0. The number of carbonyl (C=O) groups is 1. The van der Waals surface area contributed by atoms with E-state index in [2.05, 4.69) is 34.9 Å². The van der Waals surface area contributed by atoms with Crippen molar-refractivity contribution in [3.8, 4) is 5.75 Å². The van der Waals surface area contributed by atoms with Crippen LogP contribution in [-0.4, -0.2) is 12.5 Å². The first-order valence-electron chi connectivity index (χ1n) is 8.39. The topological polar surface area (TPSA) is 50.4 Å². The molecule has 2 aromatic carbocycles. The van der Waals surface area contributed by atoms with Gasteiger partial charge in [-0.2, -0.15) is 0 Å². The second-order valence-corrected chi connectivity index (χ2v) is 6.41. The molecule has 0 fully saturated rings. The van der Waals surface area contributed by atoms with Gasteiger partial charge in [-0.1, -0.05) is 24.3 Å². The summed E-state index contributed by atoms with van der Waals surface area (Å²) in [5.74, 6) is 0.837. The van der Waals surface area contributed by atoms with E-state index in [-0.39, 0.29) is 5.91 Å². The Kier molecular flexibility index (Phi) is 5.16. The van der Waals surface area contributed by atoms with Crippen molar-refractivity contribution < 1.29 is 9.53 Å². The third-order valence-corrected chi connectivity index (χ3v) is 4.18. The molecule has 1 amide bonds. The molecule has 3 rings (SSSR count). The van der Waals surface area contributed by atoms with Gasteiger partial charge in [0.05, 0.1) is 13.0 Å². The van der Waals surface area contributed by atoms with Crippen LogP contribution in [0.2, 0.25) is 0 Å². The highest BCUT2D eigenvalue weighted by molar-refractivity contribution is 5.76. The molecule has 0 atom stereocenters. The quantitative estimate of drug-likeness (QED) is 0.859. The van der Waals surface area contributed by atoms with E-state index in [9.17, 15) is 4.79 Å². The summed E-state index contributed by atoms with van der Waals surface area (Å²) in [7, 11) is 0. The lowest BCUT2D eigenvalue weighted by molar-refractivity contribution is -0.121. The Balaban J connectivity index is 1.43. The zero-order chi connectivity index (χ0) is 16.9. The molecule has 24 heavy (non-hydrogen) atoms. The van der Waals surface area contributed by atoms with Crippen LogP contribution in [0.1, 0.15) is 34.2 Å². The summed E-state index contributed by atoms with van der Waals surface area (Å²) in [6.45, 7) is 6.90. The molecule has 0 aromatic heterocycles. The van der Waals surface area contributed by atoms with E-state index in [1.54, 1.807) is 0 Å². The van der Waals surface area contributed by atoms with Crippen LogP contribution < -0.4 is 15.4 Å². The molecule has 0 aliphatic carbocycles. The Morgan fingerprint density at radius 2 is 1.83 bits per heavy atom. The van der Waals surface area contributed by atoms with E-state index in [1.165, 1.54) is 22.3 Å². The van der Waals surface area contributed by atoms with E-state index in [0.29, 0.717) is 19.6 Å². The largest absolute Gasteiger partial charge is 0.493 e. The molecular formula is C20H24N2O2. The minimum atomic E-state index is 0.0120. The van der Waals surface area contributed by atoms with Crippen molar-refractivity contribution in [3.05, 3.63) is 64.2 Å². The summed E-state index contributed by atoms with van der Waals surface area (Å²) >= 11 is 0. The van der Waals surface area contributed by atoms with Gasteiger partial charge in [-0.15, -0.1) is 0 Å². The lowest BCUT2D eigenvalue weighted by Crippen LogP contribution is -2.24. The number of benzene rings is 2. The van der Waals surface area contributed by atoms with Gasteiger partial charge in [0.1, 0.15) is 5.75 Å². The smallest absolute Gasteiger partial charge is 0.223 e. The van der Waals surface area contributed by atoms with Crippen LogP contribution in [0.5, 0.6) is 5.75 Å². The van der Waals surface area contributed by atoms with E-state index < -0.39 is 0 Å². The molecule has 0 radical (unpaired) electrons. The SMILES string of the molecule is Cc1cc(C)cc(OCCC(=O)NCc2ccc3c(c2)CNC3)c1. The van der Waals surface area contributed by atoms with Crippen LogP contribution in [0, 0.1) is 13.8 Å². The van der Waals surface area contributed by atoms with Crippen LogP contribution in [0.15, 0.2) is 36.4 Å². The molecule has 0 saturated carbocycles. The van der Waals surface area contributed by atoms with Gasteiger partial charge in [0.25, 0.3) is 0 Å². The molecule has 4 nitrogen and oxygen atoms in total. The van der Waals surface area contributed by atoms with Crippen LogP contribution >= 0.6 is 0 Å². The van der Waals surface area contributed by atoms with Crippen molar-refractivity contribution in [2.45, 2.75) is 39.9 Å². The molecule has 1 aliphatic heterocycles. The number of rotatable bonds is 6. The van der Waals surface area contributed by atoms with Crippen molar-refractivity contribution >= 4 is 5.91 Å². The Hall–Kier alpha value is -2.33. The van der Waals surface area contributed by atoms with Gasteiger partial charge < -0.3 is 15.4 Å². The van der Waals surface area contributed by atoms with Gasteiger partial charge in [0.2, 0.25) is 5.91 Å². The number of nitrogens with one attached hydrogen (secondary N) is 2. The minimum absolute atomic E-state index is 0.0120. The summed E-state index contributed by atoms with van der Waals surface area (Å²) in [6.07, 6.45) is 0.361. The van der Waals surface area contributed by atoms with E-state index >= 15 is 0 Å². The molecule has 1 aliphatic rings. The zero-order valence-electron chi connectivity index (χ0n) is 14.3. The van der Waals surface area contributed by atoms with E-state index in [0.717, 1.165) is 24.4 Å². The highest BCUT2D eigenvalue weighted by Gasteiger charge is 2.10. The van der Waals surface area contributed by atoms with Crippen molar-refractivity contribution in [2.24, 2.45) is 0 Å². The second kappa shape index (κ2) is 7.49. The van der Waals surface area contributed by atoms with Crippen LogP contribution in [0.4, 0.5) is 0 Å². The van der Waals surface area contributed by atoms with Crippen molar-refractivity contribution in [3.63, 3.8) is 0 Å². The lowest BCUT2D eigenvalue weighted by Gasteiger charge is -2.09. The molecule has 2 aromatic rings. The average molecular weight is 324 g/mol. The third-order valence-electron chi connectivity index (χ3n) is 4.18. The number of hydrogen-bond acceptors (Lipinski definition) is 3. The maximum Gasteiger partial charge on any atom is 0.223 e. The molecule has 4 heteroatoms. The maximum atomic E-state index is 12.0. The zero-order valence-corrected chi connectivity index (χ0v) is 14.3. The first kappa shape index (κ1) is 16.5. The minimum Gasteiger partial charge on any atom is -0.493 e. The monoisotopic (exact) mass is 324 g/mol. The molecule has 0 bridgehead atoms. The average Bonchev–Trinajstić information content (AvgIpc) is 2.99. The van der Waals surface area contributed by atoms with Gasteiger partial charge >= 0.3 is 0 Å². The number of carbonyl (C=O) groups excluding carboxylic acids is 1. The van der Waals surface area contributed by atoms with Crippen molar-refractivity contribution in [2.75, 3.05) is 6.61 Å². The van der Waals surface area contributed by atoms with Gasteiger partial charge in [0, 0.05) is 19.6 Å². The van der Waals surface area contributed by atoms with Crippen LogP contribution in [-0.2, 0) is 24.4 Å². The summed E-state index contributed by atoms with van der Waals surface area (Å²) in [5.41, 5.74) is 6.16. The normalized spacial score (nSPS) is 12.8. The highest BCUT2D eigenvalue weighted by atomic mass is 16.5. The molecule has 126 valence electrons. The number of aryl methyl sites for hydroxylation is 2. The first-order valence-corrected chi connectivity index (χ1v) is 8.39. The Morgan fingerprint density at radius 3 is 2.62 bits per heavy atom. The summed E-state index contributed by atoms with van der Waals surface area (Å²) < 4.78 is 5.68. The molecule has 2 N–H and O–H groups in total. The summed E-state index contributed by atoms with van der Waals surface area (Å²) in [4.78, 5) is 12.0. The van der Waals surface area contributed by atoms with Gasteiger partial charge in [-0.3, -0.25) is 4.79 Å². The fraction of sp³-hybridized carbons (Fsp3) is 0.350. The molecule has 1 heterocycles. The highest BCUT2D eigenvalue weighted by Crippen LogP contribution is 2.17. The lowest BCUT2D eigenvalue weighted by atomic mass is 10.1. The molecule has 0 unspecified atom stereocenters. The van der Waals surface area contributed by atoms with Crippen molar-refractivity contribution in [1.82, 2.24) is 10.6 Å². The predicted molar refractivity (Wildman–Crippen MR) is 94.9 cm³/mol. The summed E-state index contributed by atoms with van der Waals surface area (Å²) in [5, 5.41) is 6.29. The Labute approximate surface area is 143 Å². The van der Waals surface area contributed by atoms with Gasteiger partial charge in [-0.05, 0) is 53.8 Å². The third kappa shape index (κ3) is 4.36. The number of fused-ring (bicyclic) bond motifs is 1.